The second-order valence-electron chi connectivity index (χ2n) is 7.65. The van der Waals surface area contributed by atoms with Crippen LogP contribution < -0.4 is 10.6 Å². The highest BCUT2D eigenvalue weighted by Crippen LogP contribution is 2.35. The number of piperidine rings is 2. The number of likely N-dealkylation sites (tertiary alicyclic amines) is 1. The maximum atomic E-state index is 12.4. The number of carbonyl (C=O) groups is 2. The van der Waals surface area contributed by atoms with Crippen LogP contribution in [0.15, 0.2) is 0 Å². The summed E-state index contributed by atoms with van der Waals surface area (Å²) in [4.78, 5) is 26.1. The van der Waals surface area contributed by atoms with Crippen molar-refractivity contribution in [3.05, 3.63) is 0 Å². The molecule has 0 spiro atoms. The Bertz CT molecular complexity index is 445. The highest BCUT2D eigenvalue weighted by atomic mass is 16.3. The molecule has 136 valence electrons. The number of nitrogens with zero attached hydrogens (tertiary/aromatic N) is 1. The van der Waals surface area contributed by atoms with Gasteiger partial charge in [-0.3, -0.25) is 9.59 Å². The van der Waals surface area contributed by atoms with Gasteiger partial charge in [0.15, 0.2) is 0 Å². The largest absolute Gasteiger partial charge is 0.393 e. The molecule has 0 radical (unpaired) electrons. The minimum Gasteiger partial charge on any atom is -0.393 e. The molecule has 3 rings (SSSR count). The Morgan fingerprint density at radius 2 is 2.00 bits per heavy atom. The van der Waals surface area contributed by atoms with Crippen molar-refractivity contribution >= 4 is 11.8 Å². The van der Waals surface area contributed by atoms with Crippen molar-refractivity contribution < 1.29 is 14.7 Å². The van der Waals surface area contributed by atoms with Gasteiger partial charge in [-0.2, -0.15) is 0 Å². The first-order valence-electron chi connectivity index (χ1n) is 9.59. The van der Waals surface area contributed by atoms with E-state index in [1.807, 2.05) is 4.90 Å². The zero-order valence-corrected chi connectivity index (χ0v) is 14.5. The van der Waals surface area contributed by atoms with Crippen LogP contribution in [0.2, 0.25) is 0 Å². The van der Waals surface area contributed by atoms with Gasteiger partial charge in [0.05, 0.1) is 6.10 Å². The topological polar surface area (TPSA) is 81.7 Å². The van der Waals surface area contributed by atoms with E-state index in [2.05, 4.69) is 10.6 Å². The number of hydrogen-bond acceptors (Lipinski definition) is 4. The van der Waals surface area contributed by atoms with E-state index in [9.17, 15) is 14.7 Å². The summed E-state index contributed by atoms with van der Waals surface area (Å²) in [5.74, 6) is 1.15. The third-order valence-corrected chi connectivity index (χ3v) is 5.91. The van der Waals surface area contributed by atoms with Crippen molar-refractivity contribution in [2.24, 2.45) is 11.8 Å². The molecular weight excluding hydrogens is 306 g/mol. The van der Waals surface area contributed by atoms with Crippen LogP contribution in [0.25, 0.3) is 0 Å². The first kappa shape index (κ1) is 17.7. The van der Waals surface area contributed by atoms with Crippen LogP contribution in [0, 0.1) is 11.8 Å². The van der Waals surface area contributed by atoms with Crippen molar-refractivity contribution in [3.8, 4) is 0 Å². The van der Waals surface area contributed by atoms with Crippen LogP contribution in [0.4, 0.5) is 0 Å². The van der Waals surface area contributed by atoms with Gasteiger partial charge in [-0.15, -0.1) is 0 Å². The van der Waals surface area contributed by atoms with Crippen molar-refractivity contribution in [1.82, 2.24) is 15.5 Å². The van der Waals surface area contributed by atoms with Crippen LogP contribution in [0.5, 0.6) is 0 Å². The first-order chi connectivity index (χ1) is 11.6. The summed E-state index contributed by atoms with van der Waals surface area (Å²) in [7, 11) is 0. The summed E-state index contributed by atoms with van der Waals surface area (Å²) >= 11 is 0. The number of nitrogens with one attached hydrogen (secondary N) is 2. The fraction of sp³-hybridized carbons (Fsp3) is 0.889. The molecule has 1 aliphatic carbocycles. The van der Waals surface area contributed by atoms with Gasteiger partial charge in [0.1, 0.15) is 0 Å². The zero-order chi connectivity index (χ0) is 16.9. The van der Waals surface area contributed by atoms with E-state index >= 15 is 0 Å². The molecule has 3 aliphatic rings. The maximum Gasteiger partial charge on any atom is 0.222 e. The van der Waals surface area contributed by atoms with Crippen LogP contribution in [-0.2, 0) is 9.59 Å². The molecule has 6 nitrogen and oxygen atoms in total. The Morgan fingerprint density at radius 3 is 2.67 bits per heavy atom. The molecule has 2 amide bonds. The van der Waals surface area contributed by atoms with Crippen molar-refractivity contribution in [2.75, 3.05) is 26.2 Å². The number of aliphatic hydroxyl groups excluding tert-OH is 1. The third-order valence-electron chi connectivity index (χ3n) is 5.91. The summed E-state index contributed by atoms with van der Waals surface area (Å²) in [6.45, 7) is 3.35. The Kier molecular flexibility index (Phi) is 6.11. The van der Waals surface area contributed by atoms with E-state index < -0.39 is 0 Å². The van der Waals surface area contributed by atoms with Gasteiger partial charge in [0.25, 0.3) is 0 Å². The van der Waals surface area contributed by atoms with Crippen molar-refractivity contribution in [3.63, 3.8) is 0 Å². The Morgan fingerprint density at radius 1 is 1.25 bits per heavy atom. The summed E-state index contributed by atoms with van der Waals surface area (Å²) in [5.41, 5.74) is 0. The molecule has 0 unspecified atom stereocenters. The van der Waals surface area contributed by atoms with Crippen LogP contribution in [0.1, 0.15) is 51.4 Å². The predicted octanol–water partition coefficient (Wildman–Crippen LogP) is 0.644. The molecule has 3 N–H and O–H groups in total. The molecule has 3 fully saturated rings. The molecule has 0 bridgehead atoms. The number of amides is 2. The van der Waals surface area contributed by atoms with E-state index in [4.69, 9.17) is 0 Å². The van der Waals surface area contributed by atoms with E-state index in [0.29, 0.717) is 31.2 Å². The Hall–Kier alpha value is -1.14. The van der Waals surface area contributed by atoms with Gasteiger partial charge >= 0.3 is 0 Å². The highest BCUT2D eigenvalue weighted by molar-refractivity contribution is 5.79. The minimum atomic E-state index is -0.193. The van der Waals surface area contributed by atoms with Gasteiger partial charge < -0.3 is 20.6 Å². The first-order valence-corrected chi connectivity index (χ1v) is 9.59. The van der Waals surface area contributed by atoms with E-state index in [-0.39, 0.29) is 24.0 Å². The summed E-state index contributed by atoms with van der Waals surface area (Å²) in [6.07, 6.45) is 6.63. The van der Waals surface area contributed by atoms with Gasteiger partial charge in [-0.1, -0.05) is 0 Å². The lowest BCUT2D eigenvalue weighted by molar-refractivity contribution is -0.134. The summed E-state index contributed by atoms with van der Waals surface area (Å²) in [5, 5.41) is 16.3. The van der Waals surface area contributed by atoms with Gasteiger partial charge in [0.2, 0.25) is 11.8 Å². The Labute approximate surface area is 144 Å². The normalized spacial score (nSPS) is 29.9. The minimum absolute atomic E-state index is 0.0540. The van der Waals surface area contributed by atoms with Gasteiger partial charge in [-0.25, -0.2) is 0 Å². The number of rotatable bonds is 6. The quantitative estimate of drug-likeness (QED) is 0.664. The molecule has 2 aliphatic heterocycles. The molecule has 0 aromatic rings. The molecule has 2 saturated heterocycles. The van der Waals surface area contributed by atoms with E-state index in [1.54, 1.807) is 0 Å². The molecule has 1 saturated carbocycles. The molecule has 2 heterocycles. The lowest BCUT2D eigenvalue weighted by Crippen LogP contribution is -2.53. The van der Waals surface area contributed by atoms with Crippen molar-refractivity contribution in [1.29, 1.82) is 0 Å². The lowest BCUT2D eigenvalue weighted by atomic mass is 9.71. The molecule has 0 aromatic carbocycles. The summed E-state index contributed by atoms with van der Waals surface area (Å²) in [6, 6.07) is 0.181. The molecule has 6 heteroatoms. The number of aliphatic hydroxyl groups is 1. The number of carbonyl (C=O) groups excluding carboxylic acids is 2. The number of hydrogen-bond donors (Lipinski definition) is 3. The molecule has 0 aromatic heterocycles. The second-order valence-corrected chi connectivity index (χ2v) is 7.65. The average molecular weight is 337 g/mol. The fourth-order valence-electron chi connectivity index (χ4n) is 4.34. The average Bonchev–Trinajstić information content (AvgIpc) is 2.57. The summed E-state index contributed by atoms with van der Waals surface area (Å²) < 4.78 is 0. The van der Waals surface area contributed by atoms with Gasteiger partial charge in [0, 0.05) is 32.0 Å². The highest BCUT2D eigenvalue weighted by Gasteiger charge is 2.39. The van der Waals surface area contributed by atoms with Crippen LogP contribution >= 0.6 is 0 Å². The zero-order valence-electron chi connectivity index (χ0n) is 14.5. The second kappa shape index (κ2) is 8.30. The lowest BCUT2D eigenvalue weighted by Gasteiger charge is -2.43. The molecule has 24 heavy (non-hydrogen) atoms. The standard InChI is InChI=1S/C18H31N3O3/c22-15-11-14(12-15)18(13-4-7-19-8-5-13)20-16(23)6-10-21-9-2-1-3-17(21)24/h13-15,18-19,22H,1-12H2,(H,20,23)/t14?,15?,18-/m1/s1. The van der Waals surface area contributed by atoms with Gasteiger partial charge in [-0.05, 0) is 63.5 Å². The monoisotopic (exact) mass is 337 g/mol. The van der Waals surface area contributed by atoms with Crippen LogP contribution in [-0.4, -0.2) is 60.1 Å². The molecular formula is C18H31N3O3. The Balaban J connectivity index is 1.49. The predicted molar refractivity (Wildman–Crippen MR) is 91.3 cm³/mol. The van der Waals surface area contributed by atoms with Crippen LogP contribution in [0.3, 0.4) is 0 Å². The van der Waals surface area contributed by atoms with E-state index in [0.717, 1.165) is 58.2 Å². The third kappa shape index (κ3) is 4.48. The smallest absolute Gasteiger partial charge is 0.222 e. The maximum absolute atomic E-state index is 12.4. The molecule has 1 atom stereocenters. The van der Waals surface area contributed by atoms with E-state index in [1.165, 1.54) is 0 Å². The fourth-order valence-corrected chi connectivity index (χ4v) is 4.34. The van der Waals surface area contributed by atoms with Crippen molar-refractivity contribution in [2.45, 2.75) is 63.5 Å². The SMILES string of the molecule is O=C(CCN1CCCCC1=O)N[C@H](C1CCNCC1)C1CC(O)C1.